The molecule has 0 unspecified atom stereocenters. The number of carbonyl (C=O) groups is 1. The molecule has 7 nitrogen and oxygen atoms in total. The van der Waals surface area contributed by atoms with Crippen LogP contribution in [0, 0.1) is 12.8 Å². The number of aromatic nitrogens is 4. The molecule has 1 fully saturated rings. The highest BCUT2D eigenvalue weighted by molar-refractivity contribution is 5.79. The first-order valence-corrected chi connectivity index (χ1v) is 8.74. The molecule has 2 aromatic rings. The van der Waals surface area contributed by atoms with Gasteiger partial charge in [0.1, 0.15) is 0 Å². The van der Waals surface area contributed by atoms with Gasteiger partial charge in [0, 0.05) is 31.2 Å². The second-order valence-corrected chi connectivity index (χ2v) is 6.95. The Hall–Kier alpha value is -2.15. The van der Waals surface area contributed by atoms with Crippen LogP contribution in [0.15, 0.2) is 12.1 Å². The van der Waals surface area contributed by atoms with Gasteiger partial charge in [-0.3, -0.25) is 19.5 Å². The van der Waals surface area contributed by atoms with Crippen LogP contribution in [-0.2, 0) is 31.0 Å². The molecular formula is C17H24N6O. The van der Waals surface area contributed by atoms with Crippen LogP contribution in [0.3, 0.4) is 0 Å². The Morgan fingerprint density at radius 1 is 1.33 bits per heavy atom. The molecule has 128 valence electrons. The second kappa shape index (κ2) is 6.39. The zero-order valence-electron chi connectivity index (χ0n) is 14.1. The molecular weight excluding hydrogens is 304 g/mol. The maximum atomic E-state index is 11.9. The van der Waals surface area contributed by atoms with Crippen LogP contribution in [0.4, 0.5) is 0 Å². The molecule has 0 spiro atoms. The van der Waals surface area contributed by atoms with Crippen molar-refractivity contribution >= 4 is 5.91 Å². The molecule has 0 aromatic carbocycles. The van der Waals surface area contributed by atoms with Crippen LogP contribution in [0.5, 0.6) is 0 Å². The molecule has 2 aromatic heterocycles. The Morgan fingerprint density at radius 2 is 2.21 bits per heavy atom. The van der Waals surface area contributed by atoms with Gasteiger partial charge < -0.3 is 5.32 Å². The number of rotatable bonds is 5. The van der Waals surface area contributed by atoms with Crippen LogP contribution < -0.4 is 5.32 Å². The highest BCUT2D eigenvalue weighted by Crippen LogP contribution is 2.26. The first kappa shape index (κ1) is 15.4. The number of nitrogens with zero attached hydrogens (tertiary/aromatic N) is 4. The van der Waals surface area contributed by atoms with Crippen molar-refractivity contribution in [1.82, 2.24) is 30.2 Å². The van der Waals surface area contributed by atoms with Crippen molar-refractivity contribution in [2.24, 2.45) is 5.92 Å². The van der Waals surface area contributed by atoms with Crippen molar-refractivity contribution in [1.29, 1.82) is 0 Å². The molecule has 1 aliphatic heterocycles. The maximum absolute atomic E-state index is 11.9. The number of nitrogens with one attached hydrogen (secondary N) is 2. The fraction of sp³-hybridized carbons (Fsp3) is 0.588. The molecule has 0 saturated heterocycles. The van der Waals surface area contributed by atoms with Gasteiger partial charge in [0.2, 0.25) is 5.91 Å². The van der Waals surface area contributed by atoms with E-state index < -0.39 is 0 Å². The monoisotopic (exact) mass is 328 g/mol. The Bertz CT molecular complexity index is 729. The summed E-state index contributed by atoms with van der Waals surface area (Å²) in [5, 5.41) is 15.0. The summed E-state index contributed by atoms with van der Waals surface area (Å²) < 4.78 is 2.07. The summed E-state index contributed by atoms with van der Waals surface area (Å²) in [5.41, 5.74) is 4.33. The van der Waals surface area contributed by atoms with E-state index in [0.29, 0.717) is 6.54 Å². The van der Waals surface area contributed by atoms with E-state index in [1.165, 1.54) is 12.1 Å². The molecule has 4 rings (SSSR count). The van der Waals surface area contributed by atoms with Crippen molar-refractivity contribution in [2.45, 2.75) is 52.4 Å². The summed E-state index contributed by atoms with van der Waals surface area (Å²) in [4.78, 5) is 14.3. The van der Waals surface area contributed by atoms with E-state index in [4.69, 9.17) is 0 Å². The Balaban J connectivity index is 1.34. The summed E-state index contributed by atoms with van der Waals surface area (Å²) in [6, 6.07) is 4.20. The van der Waals surface area contributed by atoms with Crippen molar-refractivity contribution in [3.63, 3.8) is 0 Å². The van der Waals surface area contributed by atoms with E-state index in [1.54, 1.807) is 0 Å². The summed E-state index contributed by atoms with van der Waals surface area (Å²) in [7, 11) is 0. The van der Waals surface area contributed by atoms with E-state index in [-0.39, 0.29) is 11.8 Å². The third-order valence-electron chi connectivity index (χ3n) is 4.99. The molecule has 0 radical (unpaired) electrons. The number of H-pyrrole nitrogens is 1. The van der Waals surface area contributed by atoms with Gasteiger partial charge in [-0.05, 0) is 31.9 Å². The fourth-order valence-corrected chi connectivity index (χ4v) is 3.38. The molecule has 1 amide bonds. The second-order valence-electron chi connectivity index (χ2n) is 6.95. The third-order valence-corrected chi connectivity index (χ3v) is 4.99. The van der Waals surface area contributed by atoms with Gasteiger partial charge in [-0.1, -0.05) is 6.42 Å². The van der Waals surface area contributed by atoms with E-state index in [9.17, 15) is 4.79 Å². The smallest absolute Gasteiger partial charge is 0.223 e. The number of hydrogen-bond acceptors (Lipinski definition) is 4. The molecule has 0 bridgehead atoms. The summed E-state index contributed by atoms with van der Waals surface area (Å²) in [6.07, 6.45) is 3.25. The fourth-order valence-electron chi connectivity index (χ4n) is 3.38. The lowest BCUT2D eigenvalue weighted by molar-refractivity contribution is -0.127. The minimum Gasteiger partial charge on any atom is -0.350 e. The first-order valence-electron chi connectivity index (χ1n) is 8.74. The number of aromatic amines is 1. The zero-order chi connectivity index (χ0) is 16.5. The normalized spacial score (nSPS) is 18.2. The van der Waals surface area contributed by atoms with Crippen molar-refractivity contribution in [3.05, 3.63) is 34.9 Å². The minimum absolute atomic E-state index is 0.183. The number of hydrogen-bond donors (Lipinski definition) is 2. The minimum atomic E-state index is 0.183. The molecule has 1 saturated carbocycles. The standard InChI is InChI=1S/C17H24N6O/c1-12-7-15(20-19-12)10-22-5-6-23-16(11-22)8-14(21-23)9-18-17(24)13-3-2-4-13/h7-8,13H,2-6,9-11H2,1H3,(H,18,24)(H,19,20). The SMILES string of the molecule is Cc1cc(CN2CCn3nc(CNC(=O)C4CCC4)cc3C2)n[nH]1. The van der Waals surface area contributed by atoms with Gasteiger partial charge in [0.15, 0.2) is 0 Å². The van der Waals surface area contributed by atoms with Crippen LogP contribution in [-0.4, -0.2) is 37.3 Å². The van der Waals surface area contributed by atoms with Crippen LogP contribution in [0.2, 0.25) is 0 Å². The maximum Gasteiger partial charge on any atom is 0.223 e. The van der Waals surface area contributed by atoms with Gasteiger partial charge in [-0.2, -0.15) is 10.2 Å². The molecule has 24 heavy (non-hydrogen) atoms. The van der Waals surface area contributed by atoms with E-state index in [0.717, 1.165) is 56.1 Å². The van der Waals surface area contributed by atoms with Crippen molar-refractivity contribution in [2.75, 3.05) is 6.54 Å². The average Bonchev–Trinajstić information content (AvgIpc) is 3.09. The first-order chi connectivity index (χ1) is 11.7. The summed E-state index contributed by atoms with van der Waals surface area (Å²) in [6.45, 7) is 6.13. The predicted octanol–water partition coefficient (Wildman–Crippen LogP) is 1.35. The van der Waals surface area contributed by atoms with E-state index in [2.05, 4.69) is 42.3 Å². The average molecular weight is 328 g/mol. The Labute approximate surface area is 141 Å². The zero-order valence-corrected chi connectivity index (χ0v) is 14.1. The molecule has 2 aliphatic rings. The number of carbonyl (C=O) groups excluding carboxylic acids is 1. The molecule has 1 aliphatic carbocycles. The van der Waals surface area contributed by atoms with Crippen molar-refractivity contribution in [3.8, 4) is 0 Å². The summed E-state index contributed by atoms with van der Waals surface area (Å²) in [5.74, 6) is 0.415. The molecule has 3 heterocycles. The number of fused-ring (bicyclic) bond motifs is 1. The van der Waals surface area contributed by atoms with Gasteiger partial charge >= 0.3 is 0 Å². The largest absolute Gasteiger partial charge is 0.350 e. The molecule has 7 heteroatoms. The third kappa shape index (κ3) is 3.21. The number of aryl methyl sites for hydroxylation is 1. The van der Waals surface area contributed by atoms with Crippen LogP contribution in [0.25, 0.3) is 0 Å². The van der Waals surface area contributed by atoms with Gasteiger partial charge in [0.25, 0.3) is 0 Å². The van der Waals surface area contributed by atoms with E-state index in [1.807, 2.05) is 6.92 Å². The number of amides is 1. The van der Waals surface area contributed by atoms with E-state index >= 15 is 0 Å². The molecule has 0 atom stereocenters. The summed E-state index contributed by atoms with van der Waals surface area (Å²) >= 11 is 0. The van der Waals surface area contributed by atoms with Gasteiger partial charge in [-0.25, -0.2) is 0 Å². The highest BCUT2D eigenvalue weighted by atomic mass is 16.1. The topological polar surface area (TPSA) is 78.8 Å². The van der Waals surface area contributed by atoms with Gasteiger partial charge in [-0.15, -0.1) is 0 Å². The van der Waals surface area contributed by atoms with Crippen molar-refractivity contribution < 1.29 is 4.79 Å². The highest BCUT2D eigenvalue weighted by Gasteiger charge is 2.25. The lowest BCUT2D eigenvalue weighted by atomic mass is 9.85. The van der Waals surface area contributed by atoms with Crippen LogP contribution >= 0.6 is 0 Å². The Morgan fingerprint density at radius 3 is 2.92 bits per heavy atom. The molecule has 2 N–H and O–H groups in total. The van der Waals surface area contributed by atoms with Gasteiger partial charge in [0.05, 0.1) is 30.2 Å². The lowest BCUT2D eigenvalue weighted by Gasteiger charge is -2.26. The predicted molar refractivity (Wildman–Crippen MR) is 88.9 cm³/mol. The lowest BCUT2D eigenvalue weighted by Crippen LogP contribution is -2.34. The van der Waals surface area contributed by atoms with Crippen LogP contribution in [0.1, 0.15) is 42.0 Å². The quantitative estimate of drug-likeness (QED) is 0.868. The Kier molecular flexibility index (Phi) is 4.10.